The highest BCUT2D eigenvalue weighted by Crippen LogP contribution is 2.19. The van der Waals surface area contributed by atoms with Crippen molar-refractivity contribution in [3.05, 3.63) is 53.7 Å². The maximum atomic E-state index is 13.2. The lowest BCUT2D eigenvalue weighted by Gasteiger charge is -2.04. The highest BCUT2D eigenvalue weighted by Gasteiger charge is 2.11. The summed E-state index contributed by atoms with van der Waals surface area (Å²) in [6.45, 7) is 0. The van der Waals surface area contributed by atoms with E-state index in [-0.39, 0.29) is 18.0 Å². The zero-order valence-electron chi connectivity index (χ0n) is 9.27. The first kappa shape index (κ1) is 11.4. The number of rotatable bonds is 4. The van der Waals surface area contributed by atoms with Crippen LogP contribution < -0.4 is 4.74 Å². The Kier molecular flexibility index (Phi) is 3.23. The maximum absolute atomic E-state index is 13.2. The van der Waals surface area contributed by atoms with Crippen LogP contribution in [0.25, 0.3) is 0 Å². The summed E-state index contributed by atoms with van der Waals surface area (Å²) in [5.41, 5.74) is 1.21. The minimum absolute atomic E-state index is 0.0723. The highest BCUT2D eigenvalue weighted by molar-refractivity contribution is 5.97. The van der Waals surface area contributed by atoms with Crippen LogP contribution in [0.5, 0.6) is 5.75 Å². The predicted octanol–water partition coefficient (Wildman–Crippen LogP) is 2.85. The van der Waals surface area contributed by atoms with Crippen molar-refractivity contribution in [3.8, 4) is 5.75 Å². The smallest absolute Gasteiger partial charge is 0.167 e. The topological polar surface area (TPSA) is 39.4 Å². The van der Waals surface area contributed by atoms with E-state index >= 15 is 0 Å². The van der Waals surface area contributed by atoms with Gasteiger partial charge in [-0.05, 0) is 29.8 Å². The molecule has 17 heavy (non-hydrogen) atoms. The Morgan fingerprint density at radius 2 is 2.24 bits per heavy atom. The molecule has 0 aliphatic carbocycles. The molecule has 0 saturated carbocycles. The molecule has 88 valence electrons. The van der Waals surface area contributed by atoms with Gasteiger partial charge in [0.25, 0.3) is 0 Å². The van der Waals surface area contributed by atoms with Crippen LogP contribution >= 0.6 is 0 Å². The van der Waals surface area contributed by atoms with Gasteiger partial charge in [-0.1, -0.05) is 0 Å². The summed E-state index contributed by atoms with van der Waals surface area (Å²) in [5, 5.41) is 0. The second kappa shape index (κ2) is 4.82. The Hall–Kier alpha value is -2.10. The number of methoxy groups -OCH3 is 1. The fourth-order valence-electron chi connectivity index (χ4n) is 1.51. The molecule has 0 saturated heterocycles. The number of hydrogen-bond acceptors (Lipinski definition) is 3. The first-order valence-electron chi connectivity index (χ1n) is 5.08. The van der Waals surface area contributed by atoms with Gasteiger partial charge in [-0.3, -0.25) is 4.79 Å². The number of Topliss-reactive ketones (excluding diaryl/α,β-unsaturated/α-hetero) is 1. The summed E-state index contributed by atoms with van der Waals surface area (Å²) in [6, 6.07) is 5.79. The molecule has 2 aromatic rings. The lowest BCUT2D eigenvalue weighted by Crippen LogP contribution is -2.03. The molecule has 3 nitrogen and oxygen atoms in total. The average Bonchev–Trinajstić information content (AvgIpc) is 2.82. The third-order valence-corrected chi connectivity index (χ3v) is 2.42. The normalized spacial score (nSPS) is 10.2. The molecule has 2 rings (SSSR count). The van der Waals surface area contributed by atoms with E-state index in [0.717, 1.165) is 5.56 Å². The Morgan fingerprint density at radius 3 is 2.88 bits per heavy atom. The van der Waals surface area contributed by atoms with Crippen LogP contribution in [0, 0.1) is 5.82 Å². The Morgan fingerprint density at radius 1 is 1.41 bits per heavy atom. The average molecular weight is 234 g/mol. The molecular formula is C13H11FO3. The van der Waals surface area contributed by atoms with Crippen LogP contribution in [-0.4, -0.2) is 12.9 Å². The third kappa shape index (κ3) is 2.53. The molecule has 1 aromatic heterocycles. The van der Waals surface area contributed by atoms with E-state index in [0.29, 0.717) is 5.56 Å². The summed E-state index contributed by atoms with van der Waals surface area (Å²) in [5.74, 6) is -0.514. The Labute approximate surface area is 97.8 Å². The molecule has 1 heterocycles. The highest BCUT2D eigenvalue weighted by atomic mass is 19.1. The number of halogens is 1. The van der Waals surface area contributed by atoms with Crippen molar-refractivity contribution in [2.24, 2.45) is 0 Å². The summed E-state index contributed by atoms with van der Waals surface area (Å²) < 4.78 is 22.9. The second-order valence-electron chi connectivity index (χ2n) is 3.58. The maximum Gasteiger partial charge on any atom is 0.167 e. The van der Waals surface area contributed by atoms with Gasteiger partial charge in [0.2, 0.25) is 0 Å². The summed E-state index contributed by atoms with van der Waals surface area (Å²) in [4.78, 5) is 11.9. The van der Waals surface area contributed by atoms with Gasteiger partial charge in [0.15, 0.2) is 17.3 Å². The number of benzene rings is 1. The first-order valence-corrected chi connectivity index (χ1v) is 5.08. The number of carbonyl (C=O) groups excluding carboxylic acids is 1. The van der Waals surface area contributed by atoms with Crippen LogP contribution in [-0.2, 0) is 6.42 Å². The molecule has 0 spiro atoms. The molecule has 0 unspecified atom stereocenters. The van der Waals surface area contributed by atoms with Gasteiger partial charge in [0, 0.05) is 12.0 Å². The van der Waals surface area contributed by atoms with Crippen molar-refractivity contribution in [3.63, 3.8) is 0 Å². The fraction of sp³-hybridized carbons (Fsp3) is 0.154. The van der Waals surface area contributed by atoms with Crippen molar-refractivity contribution in [2.45, 2.75) is 6.42 Å². The molecule has 0 N–H and O–H groups in total. The summed E-state index contributed by atoms with van der Waals surface area (Å²) in [6.07, 6.45) is 3.25. The van der Waals surface area contributed by atoms with Gasteiger partial charge in [0.1, 0.15) is 0 Å². The molecule has 0 fully saturated rings. The van der Waals surface area contributed by atoms with Gasteiger partial charge in [-0.15, -0.1) is 0 Å². The van der Waals surface area contributed by atoms with Gasteiger partial charge in [-0.2, -0.15) is 0 Å². The first-order chi connectivity index (χ1) is 8.20. The molecule has 4 heteroatoms. The van der Waals surface area contributed by atoms with E-state index in [1.807, 2.05) is 0 Å². The number of carbonyl (C=O) groups is 1. The predicted molar refractivity (Wildman–Crippen MR) is 59.7 cm³/mol. The van der Waals surface area contributed by atoms with Gasteiger partial charge in [-0.25, -0.2) is 4.39 Å². The molecule has 0 atom stereocenters. The van der Waals surface area contributed by atoms with Gasteiger partial charge < -0.3 is 9.15 Å². The van der Waals surface area contributed by atoms with E-state index in [1.54, 1.807) is 6.07 Å². The fourth-order valence-corrected chi connectivity index (χ4v) is 1.51. The van der Waals surface area contributed by atoms with Crippen molar-refractivity contribution in [2.75, 3.05) is 7.11 Å². The Balaban J connectivity index is 2.19. The number of furan rings is 1. The molecule has 1 aromatic carbocycles. The molecule has 0 bridgehead atoms. The molecule has 0 aliphatic heterocycles. The number of ether oxygens (including phenoxy) is 1. The summed E-state index contributed by atoms with van der Waals surface area (Å²) in [7, 11) is 1.36. The molecule has 0 radical (unpaired) electrons. The molecule has 0 aliphatic rings. The SMILES string of the molecule is COc1cc(C(=O)Cc2ccoc2)ccc1F. The van der Waals surface area contributed by atoms with Gasteiger partial charge >= 0.3 is 0 Å². The third-order valence-electron chi connectivity index (χ3n) is 2.42. The van der Waals surface area contributed by atoms with E-state index in [9.17, 15) is 9.18 Å². The lowest BCUT2D eigenvalue weighted by atomic mass is 10.0. The van der Waals surface area contributed by atoms with Crippen LogP contribution in [0.4, 0.5) is 4.39 Å². The lowest BCUT2D eigenvalue weighted by molar-refractivity contribution is 0.0992. The summed E-state index contributed by atoms with van der Waals surface area (Å²) >= 11 is 0. The minimum atomic E-state index is -0.479. The minimum Gasteiger partial charge on any atom is -0.494 e. The molecular weight excluding hydrogens is 223 g/mol. The van der Waals surface area contributed by atoms with E-state index < -0.39 is 5.82 Å². The van der Waals surface area contributed by atoms with Crippen molar-refractivity contribution >= 4 is 5.78 Å². The standard InChI is InChI=1S/C13H11FO3/c1-16-13-7-10(2-3-11(13)14)12(15)6-9-4-5-17-8-9/h2-5,7-8H,6H2,1H3. The zero-order chi connectivity index (χ0) is 12.3. The van der Waals surface area contributed by atoms with Crippen LogP contribution in [0.3, 0.4) is 0 Å². The quantitative estimate of drug-likeness (QED) is 0.763. The van der Waals surface area contributed by atoms with E-state index in [4.69, 9.17) is 9.15 Å². The largest absolute Gasteiger partial charge is 0.494 e. The van der Waals surface area contributed by atoms with Crippen molar-refractivity contribution in [1.29, 1.82) is 0 Å². The van der Waals surface area contributed by atoms with E-state index in [1.165, 1.54) is 37.8 Å². The second-order valence-corrected chi connectivity index (χ2v) is 3.58. The monoisotopic (exact) mass is 234 g/mol. The van der Waals surface area contributed by atoms with E-state index in [2.05, 4.69) is 0 Å². The Bertz CT molecular complexity index is 517. The number of hydrogen-bond donors (Lipinski definition) is 0. The zero-order valence-corrected chi connectivity index (χ0v) is 9.27. The number of ketones is 1. The van der Waals surface area contributed by atoms with Crippen molar-refractivity contribution in [1.82, 2.24) is 0 Å². The van der Waals surface area contributed by atoms with Crippen LogP contribution in [0.2, 0.25) is 0 Å². The van der Waals surface area contributed by atoms with Crippen molar-refractivity contribution < 1.29 is 18.3 Å². The molecule has 0 amide bonds. The van der Waals surface area contributed by atoms with Crippen LogP contribution in [0.15, 0.2) is 41.2 Å². The van der Waals surface area contributed by atoms with Crippen LogP contribution in [0.1, 0.15) is 15.9 Å². The van der Waals surface area contributed by atoms with Gasteiger partial charge in [0.05, 0.1) is 19.6 Å².